The minimum Gasteiger partial charge on any atom is -0.382 e. The van der Waals surface area contributed by atoms with Gasteiger partial charge in [0.15, 0.2) is 17.5 Å². The van der Waals surface area contributed by atoms with Crippen LogP contribution in [0.4, 0.5) is 11.5 Å². The largest absolute Gasteiger partial charge is 0.458 e. The Bertz CT molecular complexity index is 1820. The average molecular weight is 603 g/mol. The van der Waals surface area contributed by atoms with Gasteiger partial charge in [0.2, 0.25) is 0 Å². The second-order valence-corrected chi connectivity index (χ2v) is 11.7. The summed E-state index contributed by atoms with van der Waals surface area (Å²) in [7, 11) is -2.84. The summed E-state index contributed by atoms with van der Waals surface area (Å²) in [5.74, 6) is -0.679. The Labute approximate surface area is 247 Å². The van der Waals surface area contributed by atoms with Crippen molar-refractivity contribution in [2.45, 2.75) is 24.9 Å². The zero-order chi connectivity index (χ0) is 30.0. The number of aromatic nitrogens is 5. The van der Waals surface area contributed by atoms with Gasteiger partial charge in [-0.1, -0.05) is 48.6 Å². The van der Waals surface area contributed by atoms with Gasteiger partial charge >= 0.3 is 13.7 Å². The van der Waals surface area contributed by atoms with Gasteiger partial charge < -0.3 is 19.8 Å². The predicted octanol–water partition coefficient (Wildman–Crippen LogP) is 4.31. The maximum atomic E-state index is 13.6. The van der Waals surface area contributed by atoms with Crippen LogP contribution in [0.15, 0.2) is 85.6 Å². The fraction of sp³-hybridized carbons (Fsp3) is 0.241. The smallest absolute Gasteiger partial charge is 0.382 e. The summed E-state index contributed by atoms with van der Waals surface area (Å²) in [4.78, 5) is 35.1. The normalized spacial score (nSPS) is 18.6. The quantitative estimate of drug-likeness (QED) is 0.111. The Balaban J connectivity index is 1.15. The molecule has 0 bridgehead atoms. The van der Waals surface area contributed by atoms with E-state index < -0.39 is 19.8 Å². The van der Waals surface area contributed by atoms with Crippen molar-refractivity contribution >= 4 is 47.3 Å². The number of carbonyl (C=O) groups excluding carboxylic acids is 1. The van der Waals surface area contributed by atoms with Crippen molar-refractivity contribution in [3.05, 3.63) is 91.2 Å². The highest BCUT2D eigenvalue weighted by Crippen LogP contribution is 2.42. The van der Waals surface area contributed by atoms with E-state index in [-0.39, 0.29) is 25.0 Å². The van der Waals surface area contributed by atoms with Crippen LogP contribution in [0.3, 0.4) is 0 Å². The number of carbonyl (C=O) groups is 1. The molecule has 0 amide bonds. The number of nitrogens with zero attached hydrogens (tertiary/aromatic N) is 5. The van der Waals surface area contributed by atoms with Crippen molar-refractivity contribution in [3.8, 4) is 0 Å². The lowest BCUT2D eigenvalue weighted by atomic mass is 10.0. The van der Waals surface area contributed by atoms with Crippen LogP contribution in [0.25, 0.3) is 22.1 Å². The van der Waals surface area contributed by atoms with Crippen molar-refractivity contribution in [1.82, 2.24) is 24.5 Å². The van der Waals surface area contributed by atoms with Crippen LogP contribution < -0.4 is 16.3 Å². The molecule has 43 heavy (non-hydrogen) atoms. The van der Waals surface area contributed by atoms with E-state index in [0.29, 0.717) is 29.1 Å². The number of fused-ring (bicyclic) bond motifs is 2. The van der Waals surface area contributed by atoms with E-state index >= 15 is 0 Å². The molecular weight excluding hydrogens is 571 g/mol. The number of anilines is 2. The monoisotopic (exact) mass is 602 g/mol. The first-order valence-corrected chi connectivity index (χ1v) is 15.3. The van der Waals surface area contributed by atoms with Crippen LogP contribution >= 0.6 is 7.75 Å². The molecule has 1 aliphatic rings. The van der Waals surface area contributed by atoms with E-state index in [9.17, 15) is 9.36 Å². The number of para-hydroxylation sites is 2. The Kier molecular flexibility index (Phi) is 7.96. The van der Waals surface area contributed by atoms with Crippen molar-refractivity contribution < 1.29 is 23.2 Å². The van der Waals surface area contributed by atoms with E-state index in [4.69, 9.17) is 25.1 Å². The molecule has 4 atom stereocenters. The Hall–Kier alpha value is -4.55. The first-order valence-electron chi connectivity index (χ1n) is 13.6. The van der Waals surface area contributed by atoms with E-state index in [2.05, 4.69) is 19.9 Å². The summed E-state index contributed by atoms with van der Waals surface area (Å²) in [6, 6.07) is 15.7. The third-order valence-electron chi connectivity index (χ3n) is 7.43. The van der Waals surface area contributed by atoms with Gasteiger partial charge in [-0.3, -0.25) is 9.36 Å². The van der Waals surface area contributed by atoms with E-state index in [1.807, 2.05) is 65.4 Å². The molecule has 0 radical (unpaired) electrons. The lowest BCUT2D eigenvalue weighted by Crippen LogP contribution is -2.43. The number of nitrogen functional groups attached to an aromatic ring is 1. The fourth-order valence-electron chi connectivity index (χ4n) is 5.37. The zero-order valence-electron chi connectivity index (χ0n) is 23.3. The second-order valence-electron chi connectivity index (χ2n) is 10.2. The van der Waals surface area contributed by atoms with Gasteiger partial charge in [0.05, 0.1) is 31.8 Å². The number of nitrogens with two attached hydrogens (primary N) is 2. The van der Waals surface area contributed by atoms with Crippen LogP contribution in [0.2, 0.25) is 0 Å². The molecule has 0 spiro atoms. The third kappa shape index (κ3) is 6.02. The van der Waals surface area contributed by atoms with E-state index in [1.165, 1.54) is 18.5 Å². The third-order valence-corrected chi connectivity index (χ3v) is 8.37. The van der Waals surface area contributed by atoms with Crippen LogP contribution in [0.1, 0.15) is 18.0 Å². The average Bonchev–Trinajstić information content (AvgIpc) is 3.75. The minimum atomic E-state index is -4.29. The number of nitrogens with one attached hydrogen (secondary N) is 1. The molecule has 0 aliphatic heterocycles. The highest BCUT2D eigenvalue weighted by Gasteiger charge is 2.35. The molecule has 6 rings (SSSR count). The summed E-state index contributed by atoms with van der Waals surface area (Å²) in [6.07, 6.45) is 9.59. The summed E-state index contributed by atoms with van der Waals surface area (Å²) in [6.45, 7) is -0.0163. The van der Waals surface area contributed by atoms with Crippen LogP contribution in [0, 0.1) is 5.92 Å². The number of imidazole rings is 1. The molecule has 1 unspecified atom stereocenters. The summed E-state index contributed by atoms with van der Waals surface area (Å²) in [5.41, 5.74) is 15.4. The van der Waals surface area contributed by atoms with Crippen molar-refractivity contribution in [3.63, 3.8) is 0 Å². The number of benzene rings is 2. The summed E-state index contributed by atoms with van der Waals surface area (Å²) in [5, 5.41) is 2.36. The van der Waals surface area contributed by atoms with Gasteiger partial charge in [-0.15, -0.1) is 0 Å². The molecule has 5 aromatic rings. The summed E-state index contributed by atoms with van der Waals surface area (Å²) >= 11 is 0. The second kappa shape index (κ2) is 12.0. The maximum Gasteiger partial charge on any atom is 0.458 e. The molecule has 13 nitrogen and oxygen atoms in total. The highest BCUT2D eigenvalue weighted by molar-refractivity contribution is 7.51. The molecule has 0 saturated carbocycles. The van der Waals surface area contributed by atoms with E-state index in [1.54, 1.807) is 18.5 Å². The van der Waals surface area contributed by atoms with Crippen molar-refractivity contribution in [2.75, 3.05) is 24.5 Å². The first kappa shape index (κ1) is 28.6. The number of rotatable bonds is 11. The Morgan fingerprint density at radius 2 is 1.93 bits per heavy atom. The Morgan fingerprint density at radius 1 is 1.14 bits per heavy atom. The van der Waals surface area contributed by atoms with Gasteiger partial charge in [0.25, 0.3) is 0 Å². The van der Waals surface area contributed by atoms with Gasteiger partial charge in [-0.05, 0) is 30.2 Å². The molecule has 0 fully saturated rings. The zero-order valence-corrected chi connectivity index (χ0v) is 24.2. The number of allylic oxidation sites excluding steroid dienone is 1. The molecule has 5 N–H and O–H groups in total. The molecule has 1 aliphatic carbocycles. The highest BCUT2D eigenvalue weighted by atomic mass is 31.2. The molecule has 0 saturated heterocycles. The van der Waals surface area contributed by atoms with Gasteiger partial charge in [0, 0.05) is 29.4 Å². The fourth-order valence-corrected chi connectivity index (χ4v) is 6.19. The first-order chi connectivity index (χ1) is 20.8. The maximum absolute atomic E-state index is 13.6. The SMILES string of the molecule is CON(c1ccccc1)[C@H](Cc1c[nH]c2ccccc12)C(=O)OP(N)(=O)OC[C@H]1C=C[C@@H](n2cnc3c(N)ncnc32)C1. The Morgan fingerprint density at radius 3 is 2.74 bits per heavy atom. The van der Waals surface area contributed by atoms with Gasteiger partial charge in [-0.25, -0.2) is 34.9 Å². The number of H-pyrrole nitrogens is 1. The number of aromatic amines is 1. The number of hydrogen-bond acceptors (Lipinski definition) is 10. The predicted molar refractivity (Wildman–Crippen MR) is 162 cm³/mol. The van der Waals surface area contributed by atoms with Crippen molar-refractivity contribution in [1.29, 1.82) is 0 Å². The lowest BCUT2D eigenvalue weighted by Gasteiger charge is -2.30. The molecule has 3 heterocycles. The molecule has 222 valence electrons. The molecule has 2 aromatic carbocycles. The minimum absolute atomic E-state index is 0.0163. The van der Waals surface area contributed by atoms with Crippen LogP contribution in [0.5, 0.6) is 0 Å². The molecule has 3 aromatic heterocycles. The van der Waals surface area contributed by atoms with Gasteiger partial charge in [0.1, 0.15) is 11.8 Å². The van der Waals surface area contributed by atoms with Crippen molar-refractivity contribution in [2.24, 2.45) is 11.4 Å². The summed E-state index contributed by atoms with van der Waals surface area (Å²) < 4.78 is 26.0. The molecule has 14 heteroatoms. The van der Waals surface area contributed by atoms with Crippen LogP contribution in [-0.2, 0) is 29.7 Å². The van der Waals surface area contributed by atoms with Crippen LogP contribution in [-0.4, -0.2) is 50.2 Å². The topological polar surface area (TPSA) is 176 Å². The van der Waals surface area contributed by atoms with Gasteiger partial charge in [-0.2, -0.15) is 0 Å². The lowest BCUT2D eigenvalue weighted by molar-refractivity contribution is -0.138. The standard InChI is InChI=1S/C29H31N8O5P/c1-40-37(21-7-3-2-4-8-21)25(14-20-15-32-24-10-6-5-9-23(20)24)29(38)42-43(31,39)41-16-19-11-12-22(13-19)36-18-35-26-27(30)33-17-34-28(26)36/h2-12,15,17-19,22,25,32H,13-14,16H2,1H3,(H2,31,39)(H2,30,33,34)/t19-,22+,25+,43?/m0/s1. The molecular formula is C29H31N8O5P. The number of hydrogen-bond donors (Lipinski definition) is 3. The van der Waals surface area contributed by atoms with E-state index in [0.717, 1.165) is 16.5 Å². The number of hydroxylamine groups is 1.